The highest BCUT2D eigenvalue weighted by Gasteiger charge is 2.15. The van der Waals surface area contributed by atoms with Crippen molar-refractivity contribution < 1.29 is 14.4 Å². The Kier molecular flexibility index (Phi) is 12.3. The zero-order valence-electron chi connectivity index (χ0n) is 16.7. The average Bonchev–Trinajstić information content (AvgIpc) is 2.64. The van der Waals surface area contributed by atoms with Crippen molar-refractivity contribution in [3.63, 3.8) is 0 Å². The van der Waals surface area contributed by atoms with Gasteiger partial charge in [-0.15, -0.1) is 12.4 Å². The van der Waals surface area contributed by atoms with Crippen molar-refractivity contribution >= 4 is 30.5 Å². The van der Waals surface area contributed by atoms with Crippen molar-refractivity contribution in [3.8, 4) is 0 Å². The zero-order valence-corrected chi connectivity index (χ0v) is 17.5. The lowest BCUT2D eigenvalue weighted by Crippen LogP contribution is -2.37. The number of carbonyl (C=O) groups is 3. The Morgan fingerprint density at radius 1 is 1.04 bits per heavy atom. The van der Waals surface area contributed by atoms with Crippen LogP contribution in [-0.4, -0.2) is 55.2 Å². The molecule has 1 aromatic rings. The quantitative estimate of drug-likeness (QED) is 0.562. The van der Waals surface area contributed by atoms with E-state index in [1.54, 1.807) is 24.3 Å². The van der Waals surface area contributed by atoms with E-state index >= 15 is 0 Å². The van der Waals surface area contributed by atoms with Gasteiger partial charge in [-0.1, -0.05) is 27.7 Å². The minimum absolute atomic E-state index is 0. The molecular formula is C20H32ClN3O3. The average molecular weight is 398 g/mol. The molecular weight excluding hydrogens is 366 g/mol. The maximum Gasteiger partial charge on any atom is 0.251 e. The first-order valence-corrected chi connectivity index (χ1v) is 9.27. The zero-order chi connectivity index (χ0) is 19.5. The van der Waals surface area contributed by atoms with E-state index in [9.17, 15) is 14.4 Å². The fourth-order valence-electron chi connectivity index (χ4n) is 2.65. The molecule has 0 aliphatic carbocycles. The number of amides is 2. The van der Waals surface area contributed by atoms with E-state index in [1.807, 2.05) is 13.8 Å². The molecule has 152 valence electrons. The maximum atomic E-state index is 12.2. The number of hydrogen-bond donors (Lipinski definition) is 2. The smallest absolute Gasteiger partial charge is 0.251 e. The van der Waals surface area contributed by atoms with Gasteiger partial charge in [0, 0.05) is 24.2 Å². The number of nitrogens with zero attached hydrogens (tertiary/aromatic N) is 1. The number of likely N-dealkylation sites (N-methyl/N-ethyl adjacent to an activating group) is 1. The van der Waals surface area contributed by atoms with Crippen LogP contribution >= 0.6 is 12.4 Å². The Morgan fingerprint density at radius 3 is 2.00 bits per heavy atom. The first-order valence-electron chi connectivity index (χ1n) is 9.27. The van der Waals surface area contributed by atoms with Crippen LogP contribution in [0.25, 0.3) is 0 Å². The topological polar surface area (TPSA) is 78.5 Å². The standard InChI is InChI=1S/C20H31N3O3.ClH/c1-5-23(6-2)12-11-21-19(25)16-7-9-17(10-8-16)20(26)22-18(14-24)13-15(3)4;/h7-10,14-15,18H,5-6,11-13H2,1-4H3,(H,21,25)(H,22,26);1H/t18-;/m0./s1. The van der Waals surface area contributed by atoms with Gasteiger partial charge in [0.2, 0.25) is 0 Å². The highest BCUT2D eigenvalue weighted by atomic mass is 35.5. The molecule has 7 heteroatoms. The third-order valence-corrected chi connectivity index (χ3v) is 4.22. The third-order valence-electron chi connectivity index (χ3n) is 4.22. The van der Waals surface area contributed by atoms with E-state index < -0.39 is 6.04 Å². The molecule has 0 unspecified atom stereocenters. The number of hydrogen-bond acceptors (Lipinski definition) is 4. The van der Waals surface area contributed by atoms with Gasteiger partial charge in [-0.05, 0) is 49.7 Å². The molecule has 0 fully saturated rings. The third kappa shape index (κ3) is 9.02. The molecule has 27 heavy (non-hydrogen) atoms. The molecule has 2 amide bonds. The lowest BCUT2D eigenvalue weighted by Gasteiger charge is -2.18. The second kappa shape index (κ2) is 13.3. The molecule has 1 aromatic carbocycles. The minimum Gasteiger partial charge on any atom is -0.351 e. The SMILES string of the molecule is CCN(CC)CCNC(=O)c1ccc(C(=O)N[C@H](C=O)CC(C)C)cc1.Cl. The largest absolute Gasteiger partial charge is 0.351 e. The number of carbonyl (C=O) groups excluding carboxylic acids is 3. The summed E-state index contributed by atoms with van der Waals surface area (Å²) in [7, 11) is 0. The van der Waals surface area contributed by atoms with Crippen LogP contribution in [0.4, 0.5) is 0 Å². The highest BCUT2D eigenvalue weighted by Crippen LogP contribution is 2.07. The van der Waals surface area contributed by atoms with Gasteiger partial charge in [0.05, 0.1) is 6.04 Å². The van der Waals surface area contributed by atoms with Gasteiger partial charge in [0.1, 0.15) is 6.29 Å². The summed E-state index contributed by atoms with van der Waals surface area (Å²) in [4.78, 5) is 37.7. The summed E-state index contributed by atoms with van der Waals surface area (Å²) in [5.41, 5.74) is 0.940. The van der Waals surface area contributed by atoms with Crippen molar-refractivity contribution in [3.05, 3.63) is 35.4 Å². The lowest BCUT2D eigenvalue weighted by atomic mass is 10.0. The Bertz CT molecular complexity index is 587. The van der Waals surface area contributed by atoms with E-state index in [-0.39, 0.29) is 24.2 Å². The molecule has 0 bridgehead atoms. The fraction of sp³-hybridized carbons (Fsp3) is 0.550. The van der Waals surface area contributed by atoms with Gasteiger partial charge in [0.15, 0.2) is 0 Å². The summed E-state index contributed by atoms with van der Waals surface area (Å²) in [5.74, 6) is -0.154. The number of nitrogens with one attached hydrogen (secondary N) is 2. The van der Waals surface area contributed by atoms with Crippen LogP contribution in [0.15, 0.2) is 24.3 Å². The first kappa shape index (κ1) is 25.1. The molecule has 0 aliphatic rings. The Labute approximate surface area is 168 Å². The van der Waals surface area contributed by atoms with Crippen LogP contribution in [0.2, 0.25) is 0 Å². The Hall–Kier alpha value is -1.92. The number of rotatable bonds is 11. The van der Waals surface area contributed by atoms with Gasteiger partial charge >= 0.3 is 0 Å². The van der Waals surface area contributed by atoms with Crippen molar-refractivity contribution in [2.24, 2.45) is 5.92 Å². The van der Waals surface area contributed by atoms with Gasteiger partial charge in [0.25, 0.3) is 11.8 Å². The van der Waals surface area contributed by atoms with Crippen LogP contribution in [0.3, 0.4) is 0 Å². The molecule has 0 saturated carbocycles. The minimum atomic E-state index is -0.495. The molecule has 0 radical (unpaired) electrons. The second-order valence-electron chi connectivity index (χ2n) is 6.71. The molecule has 1 atom stereocenters. The van der Waals surface area contributed by atoms with Crippen LogP contribution in [0.5, 0.6) is 0 Å². The van der Waals surface area contributed by atoms with Crippen molar-refractivity contribution in [1.29, 1.82) is 0 Å². The van der Waals surface area contributed by atoms with Gasteiger partial charge in [-0.2, -0.15) is 0 Å². The molecule has 2 N–H and O–H groups in total. The number of benzene rings is 1. The predicted molar refractivity (Wildman–Crippen MR) is 111 cm³/mol. The Balaban J connectivity index is 0.00000676. The second-order valence-corrected chi connectivity index (χ2v) is 6.71. The molecule has 0 heterocycles. The summed E-state index contributed by atoms with van der Waals surface area (Å²) >= 11 is 0. The van der Waals surface area contributed by atoms with Gasteiger partial charge < -0.3 is 20.3 Å². The van der Waals surface area contributed by atoms with Crippen LogP contribution in [0.1, 0.15) is 54.8 Å². The molecule has 0 aromatic heterocycles. The molecule has 6 nitrogen and oxygen atoms in total. The van der Waals surface area contributed by atoms with Crippen LogP contribution < -0.4 is 10.6 Å². The summed E-state index contributed by atoms with van der Waals surface area (Å²) in [6.45, 7) is 11.5. The van der Waals surface area contributed by atoms with Gasteiger partial charge in [-0.3, -0.25) is 9.59 Å². The van der Waals surface area contributed by atoms with E-state index in [1.165, 1.54) is 0 Å². The van der Waals surface area contributed by atoms with E-state index in [0.717, 1.165) is 25.9 Å². The lowest BCUT2D eigenvalue weighted by molar-refractivity contribution is -0.109. The summed E-state index contributed by atoms with van der Waals surface area (Å²) in [6, 6.07) is 5.96. The van der Waals surface area contributed by atoms with Crippen LogP contribution in [0, 0.1) is 5.92 Å². The van der Waals surface area contributed by atoms with Crippen molar-refractivity contribution in [2.45, 2.75) is 40.2 Å². The van der Waals surface area contributed by atoms with Crippen molar-refractivity contribution in [2.75, 3.05) is 26.2 Å². The number of halogens is 1. The van der Waals surface area contributed by atoms with E-state index in [4.69, 9.17) is 0 Å². The summed E-state index contributed by atoms with van der Waals surface area (Å²) in [6.07, 6.45) is 1.36. The molecule has 0 spiro atoms. The monoisotopic (exact) mass is 397 g/mol. The predicted octanol–water partition coefficient (Wildman–Crippen LogP) is 2.52. The summed E-state index contributed by atoms with van der Waals surface area (Å²) in [5, 5.41) is 5.59. The molecule has 0 saturated heterocycles. The van der Waals surface area contributed by atoms with E-state index in [0.29, 0.717) is 30.0 Å². The van der Waals surface area contributed by atoms with Crippen LogP contribution in [-0.2, 0) is 4.79 Å². The maximum absolute atomic E-state index is 12.2. The highest BCUT2D eigenvalue weighted by molar-refractivity contribution is 5.98. The summed E-state index contributed by atoms with van der Waals surface area (Å²) < 4.78 is 0. The normalized spacial score (nSPS) is 11.6. The van der Waals surface area contributed by atoms with Crippen molar-refractivity contribution in [1.82, 2.24) is 15.5 Å². The van der Waals surface area contributed by atoms with Gasteiger partial charge in [-0.25, -0.2) is 0 Å². The number of aldehydes is 1. The molecule has 1 rings (SSSR count). The van der Waals surface area contributed by atoms with E-state index in [2.05, 4.69) is 29.4 Å². The Morgan fingerprint density at radius 2 is 1.56 bits per heavy atom. The fourth-order valence-corrected chi connectivity index (χ4v) is 2.65. The first-order chi connectivity index (χ1) is 12.4. The molecule has 0 aliphatic heterocycles.